The lowest BCUT2D eigenvalue weighted by atomic mass is 10.0. The molecule has 0 aromatic heterocycles. The van der Waals surface area contributed by atoms with Gasteiger partial charge in [-0.25, -0.2) is 4.79 Å². The minimum Gasteiger partial charge on any atom is -0.481 e. The van der Waals surface area contributed by atoms with Crippen LogP contribution >= 0.6 is 0 Å². The Morgan fingerprint density at radius 3 is 0.578 bits per heavy atom. The third-order valence-corrected chi connectivity index (χ3v) is 14.9. The summed E-state index contributed by atoms with van der Waals surface area (Å²) in [5.74, 6) is -23.8. The van der Waals surface area contributed by atoms with E-state index >= 15 is 0 Å². The fraction of sp³-hybridized carbons (Fsp3) is 0.707. The summed E-state index contributed by atoms with van der Waals surface area (Å²) in [7, 11) is 0. The number of aliphatic carboxylic acids is 5. The molecule has 12 amide bonds. The topological polar surface area (TPSA) is 773 Å². The number of aliphatic hydroxyl groups excluding tert-OH is 4. The van der Waals surface area contributed by atoms with Crippen LogP contribution < -0.4 is 98.2 Å². The van der Waals surface area contributed by atoms with Crippen molar-refractivity contribution in [1.82, 2.24) is 63.8 Å². The maximum Gasteiger partial charge on any atom is 0.326 e. The molecule has 44 heteroatoms. The van der Waals surface area contributed by atoms with E-state index in [1.54, 1.807) is 0 Å². The lowest BCUT2D eigenvalue weighted by molar-refractivity contribution is -0.144. The molecule has 0 aliphatic carbocycles. The fourth-order valence-corrected chi connectivity index (χ4v) is 9.27. The van der Waals surface area contributed by atoms with E-state index in [0.29, 0.717) is 12.8 Å². The van der Waals surface area contributed by atoms with Gasteiger partial charge in [-0.2, -0.15) is 0 Å². The van der Waals surface area contributed by atoms with E-state index in [-0.39, 0.29) is 116 Å². The number of rotatable bonds is 57. The first-order valence-corrected chi connectivity index (χ1v) is 32.7. The van der Waals surface area contributed by atoms with Crippen molar-refractivity contribution in [2.75, 3.05) is 59.2 Å². The lowest BCUT2D eigenvalue weighted by Gasteiger charge is -2.27. The van der Waals surface area contributed by atoms with E-state index in [9.17, 15) is 127 Å². The van der Waals surface area contributed by atoms with E-state index in [1.165, 1.54) is 0 Å². The first kappa shape index (κ1) is 92.6. The van der Waals surface area contributed by atoms with Gasteiger partial charge in [-0.15, -0.1) is 0 Å². The van der Waals surface area contributed by atoms with Crippen molar-refractivity contribution in [3.05, 3.63) is 0 Å². The highest BCUT2D eigenvalue weighted by atomic mass is 16.4. The highest BCUT2D eigenvalue weighted by Crippen LogP contribution is 2.11. The Labute approximate surface area is 584 Å². The number of aliphatic hydroxyl groups is 4. The first-order chi connectivity index (χ1) is 48.2. The summed E-state index contributed by atoms with van der Waals surface area (Å²) in [4.78, 5) is 223. The molecule has 102 heavy (non-hydrogen) atoms. The van der Waals surface area contributed by atoms with Crippen LogP contribution in [-0.2, 0) is 81.5 Å². The second-order valence-corrected chi connectivity index (χ2v) is 23.2. The maximum absolute atomic E-state index is 14.0. The quantitative estimate of drug-likeness (QED) is 0.0251. The number of carboxylic acid groups (broad SMARTS) is 5. The number of carbonyl (C=O) groups excluding carboxylic acids is 12. The van der Waals surface area contributed by atoms with Gasteiger partial charge in [0.05, 0.1) is 52.1 Å². The summed E-state index contributed by atoms with van der Waals surface area (Å²) < 4.78 is 0. The summed E-state index contributed by atoms with van der Waals surface area (Å²) in [5, 5.41) is 114. The molecule has 0 radical (unpaired) electrons. The zero-order valence-corrected chi connectivity index (χ0v) is 56.2. The lowest BCUT2D eigenvalue weighted by Crippen LogP contribution is -2.62. The van der Waals surface area contributed by atoms with Crippen molar-refractivity contribution < 1.29 is 127 Å². The van der Waals surface area contributed by atoms with Crippen LogP contribution in [0.15, 0.2) is 0 Å². The Hall–Kier alpha value is -9.41. The van der Waals surface area contributed by atoms with Gasteiger partial charge in [-0.3, -0.25) is 76.7 Å². The van der Waals surface area contributed by atoms with Crippen LogP contribution in [0.5, 0.6) is 0 Å². The molecule has 0 saturated heterocycles. The predicted molar refractivity (Wildman–Crippen MR) is 351 cm³/mol. The smallest absolute Gasteiger partial charge is 0.326 e. The Morgan fingerprint density at radius 2 is 0.392 bits per heavy atom. The molecular weight excluding hydrogens is 1360 g/mol. The summed E-state index contributed by atoms with van der Waals surface area (Å²) in [6.07, 6.45) is -3.96. The van der Waals surface area contributed by atoms with Crippen molar-refractivity contribution in [2.45, 2.75) is 201 Å². The normalized spacial score (nSPS) is 14.8. The van der Waals surface area contributed by atoms with E-state index < -0.39 is 231 Å². The summed E-state index contributed by atoms with van der Waals surface area (Å²) in [5.41, 5.74) is 33.4. The van der Waals surface area contributed by atoms with Crippen molar-refractivity contribution in [1.29, 1.82) is 0 Å². The molecule has 580 valence electrons. The molecule has 0 aromatic rings. The molecule has 0 saturated carbocycles. The van der Waals surface area contributed by atoms with Gasteiger partial charge in [0, 0.05) is 0 Å². The molecule has 33 N–H and O–H groups in total. The molecule has 13 atom stereocenters. The fourth-order valence-electron chi connectivity index (χ4n) is 9.27. The van der Waals surface area contributed by atoms with Gasteiger partial charge in [-0.05, 0) is 129 Å². The molecule has 0 fully saturated rings. The molecule has 0 aliphatic heterocycles. The second kappa shape index (κ2) is 51.7. The van der Waals surface area contributed by atoms with Crippen molar-refractivity contribution in [2.24, 2.45) is 34.4 Å². The number of hydrogen-bond donors (Lipinski definition) is 27. The number of nitrogens with one attached hydrogen (secondary N) is 12. The maximum atomic E-state index is 14.0. The van der Waals surface area contributed by atoms with Crippen LogP contribution in [0.1, 0.15) is 122 Å². The Bertz CT molecular complexity index is 2790. The molecule has 44 nitrogen and oxygen atoms in total. The van der Waals surface area contributed by atoms with Crippen molar-refractivity contribution >= 4 is 101 Å². The highest BCUT2D eigenvalue weighted by molar-refractivity contribution is 6.01. The van der Waals surface area contributed by atoms with Gasteiger partial charge in [0.1, 0.15) is 78.5 Å². The van der Waals surface area contributed by atoms with Crippen molar-refractivity contribution in [3.8, 4) is 0 Å². The third kappa shape index (κ3) is 37.3. The Balaban J connectivity index is 6.81. The van der Waals surface area contributed by atoms with E-state index in [2.05, 4.69) is 47.9 Å². The molecule has 0 rings (SSSR count). The molecule has 0 aliphatic rings. The predicted octanol–water partition coefficient (Wildman–Crippen LogP) is -12.3. The summed E-state index contributed by atoms with van der Waals surface area (Å²) in [6, 6.07) is -24.2. The van der Waals surface area contributed by atoms with Gasteiger partial charge < -0.3 is 144 Å². The van der Waals surface area contributed by atoms with Crippen LogP contribution in [0.3, 0.4) is 0 Å². The average molecular weight is 1470 g/mol. The van der Waals surface area contributed by atoms with E-state index in [4.69, 9.17) is 34.4 Å². The van der Waals surface area contributed by atoms with Crippen molar-refractivity contribution in [3.63, 3.8) is 0 Å². The zero-order valence-electron chi connectivity index (χ0n) is 56.2. The van der Waals surface area contributed by atoms with E-state index in [0.717, 1.165) is 0 Å². The molecule has 0 aromatic carbocycles. The second-order valence-electron chi connectivity index (χ2n) is 23.2. The number of carbonyl (C=O) groups is 17. The van der Waals surface area contributed by atoms with Gasteiger partial charge >= 0.3 is 29.8 Å². The molecule has 0 spiro atoms. The van der Waals surface area contributed by atoms with Crippen LogP contribution in [0.25, 0.3) is 0 Å². The summed E-state index contributed by atoms with van der Waals surface area (Å²) >= 11 is 0. The molecule has 0 heterocycles. The SMILES string of the molecule is NCCCC[C@H](NC(=O)[C@H](CC(=O)O)NC(=O)[C@H](CCCCN)NC(=O)[C@H](CO)NC(=O)[C@H](CC(=O)O)NC(=O)[C@H](CCCCN)NC(=O)[C@H](CO)NC(=O)[C@H](CC(=O)O)NC(=O)[C@H](CCCCN)NC(=O)[C@H](CO)NC(=O)[C@H](CC(=O)O)NC(=O)[C@H](CCCCN)NC(=O)[C@@H](N)CO)C(=O)O. The van der Waals surface area contributed by atoms with E-state index in [1.807, 2.05) is 16.0 Å². The number of amides is 12. The van der Waals surface area contributed by atoms with Crippen LogP contribution in [0.4, 0.5) is 0 Å². The van der Waals surface area contributed by atoms with Gasteiger partial charge in [0.15, 0.2) is 0 Å². The first-order valence-electron chi connectivity index (χ1n) is 32.7. The highest BCUT2D eigenvalue weighted by Gasteiger charge is 2.38. The van der Waals surface area contributed by atoms with Gasteiger partial charge in [-0.1, -0.05) is 0 Å². The summed E-state index contributed by atoms with van der Waals surface area (Å²) in [6.45, 7) is -4.18. The number of carboxylic acids is 5. The van der Waals surface area contributed by atoms with Gasteiger partial charge in [0.2, 0.25) is 70.9 Å². The van der Waals surface area contributed by atoms with Crippen LogP contribution in [-0.4, -0.2) is 284 Å². The largest absolute Gasteiger partial charge is 0.481 e. The van der Waals surface area contributed by atoms with Crippen LogP contribution in [0, 0.1) is 0 Å². The monoisotopic (exact) mass is 1470 g/mol. The Kier molecular flexibility index (Phi) is 46.9. The Morgan fingerprint density at radius 1 is 0.225 bits per heavy atom. The van der Waals surface area contributed by atoms with Gasteiger partial charge in [0.25, 0.3) is 0 Å². The number of hydrogen-bond acceptors (Lipinski definition) is 27. The molecule has 0 bridgehead atoms. The standard InChI is InChI=1S/C58H102N18O26/c59-16-6-1-11-30(65-46(89)29(64)25-77)47(90)71-36(22-43(83)84)52(95)74-39(26-78)56(99)67-32(13-3-8-18-61)49(92)73-38(24-45(87)88)54(97)76-41(28-80)57(100)68-33(14-4-9-19-62)50(93)72-37(23-44(85)86)53(96)75-40(27-79)55(98)66-31(12-2-7-17-60)48(91)70-35(21-42(81)82)51(94)69-34(58(101)102)15-5-10-20-63/h29-41,77-80H,1-28,59-64H2,(H,65,89)(H,66,98)(H,67,99)(H,68,100)(H,69,94)(H,70,91)(H,71,90)(H,72,93)(H,73,92)(H,74,95)(H,75,96)(H,76,97)(H,81,82)(H,83,84)(H,85,86)(H,87,88)(H,101,102)/t29-,30-,31-,32-,33-,34-,35-,36-,37-,38-,39-,40-,41-/m0/s1. The third-order valence-electron chi connectivity index (χ3n) is 14.9. The number of unbranched alkanes of at least 4 members (excludes halogenated alkanes) is 5. The zero-order chi connectivity index (χ0) is 77.6. The molecular formula is C58H102N18O26. The number of nitrogens with two attached hydrogens (primary N) is 6. The minimum atomic E-state index is -2.17. The molecule has 0 unspecified atom stereocenters. The average Bonchev–Trinajstić information content (AvgIpc) is 0.869. The minimum absolute atomic E-state index is 0.0118. The van der Waals surface area contributed by atoms with Crippen LogP contribution in [0.2, 0.25) is 0 Å².